The molecule has 0 bridgehead atoms. The molecule has 0 N–H and O–H groups in total. The minimum atomic E-state index is -0.649. The zero-order valence-corrected chi connectivity index (χ0v) is 9.67. The van der Waals surface area contributed by atoms with Gasteiger partial charge in [0.05, 0.1) is 6.61 Å². The van der Waals surface area contributed by atoms with Gasteiger partial charge in [0.25, 0.3) is 0 Å². The third-order valence-corrected chi connectivity index (χ3v) is 2.95. The smallest absolute Gasteiger partial charge is 0.316 e. The molecule has 0 saturated carbocycles. The molecule has 0 aliphatic rings. The maximum atomic E-state index is 11.5. The van der Waals surface area contributed by atoms with Crippen LogP contribution in [0.4, 0.5) is 0 Å². The summed E-state index contributed by atoms with van der Waals surface area (Å²) in [6.45, 7) is 3.47. The summed E-state index contributed by atoms with van der Waals surface area (Å²) < 4.78 is 4.86. The molecule has 15 heavy (non-hydrogen) atoms. The van der Waals surface area contributed by atoms with Crippen molar-refractivity contribution in [3.8, 4) is 0 Å². The summed E-state index contributed by atoms with van der Waals surface area (Å²) in [5, 5.41) is 1.93. The largest absolute Gasteiger partial charge is 0.465 e. The lowest BCUT2D eigenvalue weighted by atomic mass is 10.0. The highest BCUT2D eigenvalue weighted by Crippen LogP contribution is 2.16. The minimum Gasteiger partial charge on any atom is -0.465 e. The Labute approximate surface area is 93.1 Å². The Hall–Kier alpha value is -1.16. The summed E-state index contributed by atoms with van der Waals surface area (Å²) >= 11 is 1.54. The fraction of sp³-hybridized carbons (Fsp3) is 0.455. The van der Waals surface area contributed by atoms with Crippen molar-refractivity contribution >= 4 is 23.1 Å². The van der Waals surface area contributed by atoms with Crippen molar-refractivity contribution in [2.24, 2.45) is 5.92 Å². The predicted molar refractivity (Wildman–Crippen MR) is 58.8 cm³/mol. The van der Waals surface area contributed by atoms with Crippen molar-refractivity contribution in [3.63, 3.8) is 0 Å². The Bertz CT molecular complexity index is 330. The zero-order chi connectivity index (χ0) is 11.3. The van der Waals surface area contributed by atoms with E-state index in [0.717, 1.165) is 4.88 Å². The molecule has 4 heteroatoms. The van der Waals surface area contributed by atoms with Gasteiger partial charge in [-0.2, -0.15) is 0 Å². The van der Waals surface area contributed by atoms with Crippen LogP contribution in [0.3, 0.4) is 0 Å². The molecule has 0 aromatic carbocycles. The normalized spacial score (nSPS) is 12.1. The van der Waals surface area contributed by atoms with Crippen molar-refractivity contribution in [1.29, 1.82) is 0 Å². The van der Waals surface area contributed by atoms with Crippen molar-refractivity contribution in [3.05, 3.63) is 22.4 Å². The van der Waals surface area contributed by atoms with Gasteiger partial charge in [0.2, 0.25) is 0 Å². The number of hydrogen-bond acceptors (Lipinski definition) is 4. The van der Waals surface area contributed by atoms with Crippen molar-refractivity contribution in [1.82, 2.24) is 0 Å². The highest BCUT2D eigenvalue weighted by molar-refractivity contribution is 7.09. The maximum Gasteiger partial charge on any atom is 0.316 e. The molecule has 3 nitrogen and oxygen atoms in total. The van der Waals surface area contributed by atoms with Crippen LogP contribution in [0, 0.1) is 5.92 Å². The molecule has 0 spiro atoms. The van der Waals surface area contributed by atoms with Crippen LogP contribution in [0.2, 0.25) is 0 Å². The first-order valence-electron chi connectivity index (χ1n) is 4.84. The first kappa shape index (κ1) is 11.9. The number of Topliss-reactive ketones (excluding diaryl/α,β-unsaturated/α-hetero) is 1. The number of ketones is 1. The molecule has 0 aliphatic carbocycles. The third-order valence-electron chi connectivity index (χ3n) is 2.05. The average molecular weight is 226 g/mol. The molecule has 1 aromatic rings. The quantitative estimate of drug-likeness (QED) is 0.570. The lowest BCUT2D eigenvalue weighted by Gasteiger charge is -2.10. The highest BCUT2D eigenvalue weighted by atomic mass is 32.1. The lowest BCUT2D eigenvalue weighted by molar-refractivity contribution is -0.151. The molecule has 0 amide bonds. The van der Waals surface area contributed by atoms with Crippen molar-refractivity contribution in [2.45, 2.75) is 20.3 Å². The van der Waals surface area contributed by atoms with E-state index in [9.17, 15) is 9.59 Å². The van der Waals surface area contributed by atoms with Crippen LogP contribution in [0.1, 0.15) is 18.7 Å². The molecule has 1 rings (SSSR count). The standard InChI is InChI=1S/C11H14O3S/c1-3-14-11(13)10(8(2)12)7-9-5-4-6-15-9/h4-6,10H,3,7H2,1-2H3. The van der Waals surface area contributed by atoms with E-state index in [1.54, 1.807) is 18.3 Å². The Kier molecular flexibility index (Phi) is 4.49. The molecule has 0 fully saturated rings. The Balaban J connectivity index is 2.66. The Morgan fingerprint density at radius 1 is 1.53 bits per heavy atom. The van der Waals surface area contributed by atoms with Crippen LogP contribution in [0.5, 0.6) is 0 Å². The van der Waals surface area contributed by atoms with E-state index in [1.165, 1.54) is 6.92 Å². The van der Waals surface area contributed by atoms with E-state index < -0.39 is 11.9 Å². The number of carbonyl (C=O) groups excluding carboxylic acids is 2. The summed E-state index contributed by atoms with van der Waals surface area (Å²) in [5.74, 6) is -1.20. The molecule has 0 radical (unpaired) electrons. The van der Waals surface area contributed by atoms with Gasteiger partial charge in [-0.15, -0.1) is 11.3 Å². The molecular formula is C11H14O3S. The van der Waals surface area contributed by atoms with Gasteiger partial charge in [-0.25, -0.2) is 0 Å². The summed E-state index contributed by atoms with van der Waals surface area (Å²) in [6, 6.07) is 3.82. The Morgan fingerprint density at radius 3 is 2.73 bits per heavy atom. The summed E-state index contributed by atoms with van der Waals surface area (Å²) in [5.41, 5.74) is 0. The van der Waals surface area contributed by atoms with Gasteiger partial charge in [-0.1, -0.05) is 6.07 Å². The molecule has 0 saturated heterocycles. The number of ether oxygens (including phenoxy) is 1. The van der Waals surface area contributed by atoms with Crippen LogP contribution in [0.15, 0.2) is 17.5 Å². The molecule has 0 aliphatic heterocycles. The molecular weight excluding hydrogens is 212 g/mol. The fourth-order valence-corrected chi connectivity index (χ4v) is 2.02. The fourth-order valence-electron chi connectivity index (χ4n) is 1.27. The van der Waals surface area contributed by atoms with E-state index in [-0.39, 0.29) is 5.78 Å². The van der Waals surface area contributed by atoms with E-state index in [2.05, 4.69) is 0 Å². The maximum absolute atomic E-state index is 11.5. The van der Waals surface area contributed by atoms with Crippen molar-refractivity contribution < 1.29 is 14.3 Å². The van der Waals surface area contributed by atoms with E-state index in [1.807, 2.05) is 17.5 Å². The second-order valence-corrected chi connectivity index (χ2v) is 4.23. The number of esters is 1. The number of carbonyl (C=O) groups is 2. The summed E-state index contributed by atoms with van der Waals surface area (Å²) in [7, 11) is 0. The summed E-state index contributed by atoms with van der Waals surface area (Å²) in [4.78, 5) is 23.8. The minimum absolute atomic E-state index is 0.137. The van der Waals surface area contributed by atoms with Gasteiger partial charge in [0, 0.05) is 11.3 Å². The molecule has 1 aromatic heterocycles. The number of hydrogen-bond donors (Lipinski definition) is 0. The first-order chi connectivity index (χ1) is 7.15. The van der Waals surface area contributed by atoms with E-state index in [0.29, 0.717) is 13.0 Å². The van der Waals surface area contributed by atoms with Gasteiger partial charge >= 0.3 is 5.97 Å². The van der Waals surface area contributed by atoms with Crippen LogP contribution in [0.25, 0.3) is 0 Å². The van der Waals surface area contributed by atoms with Crippen LogP contribution in [-0.2, 0) is 20.7 Å². The topological polar surface area (TPSA) is 43.4 Å². The van der Waals surface area contributed by atoms with Crippen LogP contribution >= 0.6 is 11.3 Å². The second kappa shape index (κ2) is 5.66. The van der Waals surface area contributed by atoms with Gasteiger partial charge < -0.3 is 4.74 Å². The monoisotopic (exact) mass is 226 g/mol. The SMILES string of the molecule is CCOC(=O)C(Cc1cccs1)C(C)=O. The highest BCUT2D eigenvalue weighted by Gasteiger charge is 2.25. The number of thiophene rings is 1. The molecule has 1 heterocycles. The van der Waals surface area contributed by atoms with Gasteiger partial charge in [0.15, 0.2) is 0 Å². The first-order valence-corrected chi connectivity index (χ1v) is 5.72. The van der Waals surface area contributed by atoms with Crippen LogP contribution < -0.4 is 0 Å². The van der Waals surface area contributed by atoms with E-state index in [4.69, 9.17) is 4.74 Å². The molecule has 82 valence electrons. The van der Waals surface area contributed by atoms with Gasteiger partial charge in [-0.3, -0.25) is 9.59 Å². The van der Waals surface area contributed by atoms with E-state index >= 15 is 0 Å². The molecule has 1 unspecified atom stereocenters. The predicted octanol–water partition coefficient (Wildman–Crippen LogP) is 2.06. The third kappa shape index (κ3) is 3.47. The van der Waals surface area contributed by atoms with Crippen molar-refractivity contribution in [2.75, 3.05) is 6.61 Å². The lowest BCUT2D eigenvalue weighted by Crippen LogP contribution is -2.26. The van der Waals surface area contributed by atoms with Gasteiger partial charge in [-0.05, 0) is 25.3 Å². The average Bonchev–Trinajstić information content (AvgIpc) is 2.66. The van der Waals surface area contributed by atoms with Gasteiger partial charge in [0.1, 0.15) is 11.7 Å². The number of rotatable bonds is 5. The second-order valence-electron chi connectivity index (χ2n) is 3.20. The Morgan fingerprint density at radius 2 is 2.27 bits per heavy atom. The van der Waals surface area contributed by atoms with Crippen LogP contribution in [-0.4, -0.2) is 18.4 Å². The summed E-state index contributed by atoms with van der Waals surface area (Å²) in [6.07, 6.45) is 0.450. The molecule has 1 atom stereocenters. The zero-order valence-electron chi connectivity index (χ0n) is 8.86.